The number of sulfone groups is 1. The van der Waals surface area contributed by atoms with Gasteiger partial charge in [0.1, 0.15) is 0 Å². The monoisotopic (exact) mass is 362 g/mol. The van der Waals surface area contributed by atoms with Gasteiger partial charge in [-0.25, -0.2) is 13.2 Å². The van der Waals surface area contributed by atoms with Crippen LogP contribution in [0, 0.1) is 0 Å². The van der Waals surface area contributed by atoms with Crippen LogP contribution in [0.1, 0.15) is 20.7 Å². The molecule has 1 aliphatic rings. The SMILES string of the molecule is CS(=O)(=O)c1ccc(C(=O)OCC(=O)c2ccc3c(c2)OCO3)cc1. The maximum absolute atomic E-state index is 12.1. The van der Waals surface area contributed by atoms with Crippen molar-refractivity contribution in [2.75, 3.05) is 19.7 Å². The largest absolute Gasteiger partial charge is 0.454 e. The molecule has 0 atom stereocenters. The molecule has 1 aliphatic heterocycles. The molecule has 0 bridgehead atoms. The van der Waals surface area contributed by atoms with Crippen molar-refractivity contribution in [3.05, 3.63) is 53.6 Å². The van der Waals surface area contributed by atoms with Gasteiger partial charge in [0, 0.05) is 11.8 Å². The molecule has 3 rings (SSSR count). The van der Waals surface area contributed by atoms with Gasteiger partial charge < -0.3 is 14.2 Å². The number of fused-ring (bicyclic) bond motifs is 1. The molecule has 7 nitrogen and oxygen atoms in total. The molecule has 0 fully saturated rings. The number of ether oxygens (including phenoxy) is 3. The number of carbonyl (C=O) groups excluding carboxylic acids is 2. The number of rotatable bonds is 5. The fourth-order valence-electron chi connectivity index (χ4n) is 2.21. The summed E-state index contributed by atoms with van der Waals surface area (Å²) in [6, 6.07) is 10.00. The van der Waals surface area contributed by atoms with Gasteiger partial charge in [-0.1, -0.05) is 0 Å². The number of benzene rings is 2. The molecule has 0 spiro atoms. The number of Topliss-reactive ketones (excluding diaryl/α,β-unsaturated/α-hetero) is 1. The third-order valence-electron chi connectivity index (χ3n) is 3.55. The van der Waals surface area contributed by atoms with Gasteiger partial charge in [0.25, 0.3) is 0 Å². The van der Waals surface area contributed by atoms with E-state index in [2.05, 4.69) is 0 Å². The highest BCUT2D eigenvalue weighted by Crippen LogP contribution is 2.32. The smallest absolute Gasteiger partial charge is 0.338 e. The zero-order valence-electron chi connectivity index (χ0n) is 13.2. The summed E-state index contributed by atoms with van der Waals surface area (Å²) >= 11 is 0. The van der Waals surface area contributed by atoms with Gasteiger partial charge in [0.05, 0.1) is 10.5 Å². The highest BCUT2D eigenvalue weighted by Gasteiger charge is 2.18. The van der Waals surface area contributed by atoms with Gasteiger partial charge in [0.2, 0.25) is 6.79 Å². The molecule has 0 saturated heterocycles. The van der Waals surface area contributed by atoms with Crippen molar-refractivity contribution in [1.82, 2.24) is 0 Å². The summed E-state index contributed by atoms with van der Waals surface area (Å²) in [4.78, 5) is 24.2. The average molecular weight is 362 g/mol. The van der Waals surface area contributed by atoms with Crippen LogP contribution in [0.4, 0.5) is 0 Å². The maximum atomic E-state index is 12.1. The van der Waals surface area contributed by atoms with Gasteiger partial charge in [-0.05, 0) is 42.5 Å². The van der Waals surface area contributed by atoms with Crippen LogP contribution < -0.4 is 9.47 Å². The molecule has 8 heteroatoms. The molecular formula is C17H14O7S. The number of ketones is 1. The van der Waals surface area contributed by atoms with E-state index in [0.717, 1.165) is 6.26 Å². The molecular weight excluding hydrogens is 348 g/mol. The Bertz CT molecular complexity index is 930. The first-order chi connectivity index (χ1) is 11.8. The Morgan fingerprint density at radius 3 is 2.32 bits per heavy atom. The van der Waals surface area contributed by atoms with E-state index in [4.69, 9.17) is 14.2 Å². The fourth-order valence-corrected chi connectivity index (χ4v) is 2.84. The van der Waals surface area contributed by atoms with E-state index < -0.39 is 22.4 Å². The number of esters is 1. The van der Waals surface area contributed by atoms with Crippen LogP contribution in [0.15, 0.2) is 47.4 Å². The predicted octanol–water partition coefficient (Wildman–Crippen LogP) is 1.86. The van der Waals surface area contributed by atoms with E-state index in [1.165, 1.54) is 30.3 Å². The highest BCUT2D eigenvalue weighted by molar-refractivity contribution is 7.90. The van der Waals surface area contributed by atoms with Gasteiger partial charge in [0.15, 0.2) is 33.7 Å². The molecule has 0 radical (unpaired) electrons. The van der Waals surface area contributed by atoms with Gasteiger partial charge in [-0.3, -0.25) is 4.79 Å². The fraction of sp³-hybridized carbons (Fsp3) is 0.176. The molecule has 0 aromatic heterocycles. The Morgan fingerprint density at radius 1 is 1.00 bits per heavy atom. The van der Waals surface area contributed by atoms with Crippen molar-refractivity contribution in [3.63, 3.8) is 0 Å². The molecule has 130 valence electrons. The first-order valence-corrected chi connectivity index (χ1v) is 9.14. The van der Waals surface area contributed by atoms with Gasteiger partial charge in [-0.2, -0.15) is 0 Å². The van der Waals surface area contributed by atoms with Crippen LogP contribution in [0.25, 0.3) is 0 Å². The van der Waals surface area contributed by atoms with Crippen LogP contribution in [-0.2, 0) is 14.6 Å². The lowest BCUT2D eigenvalue weighted by atomic mass is 10.1. The summed E-state index contributed by atoms with van der Waals surface area (Å²) in [6.45, 7) is -0.336. The van der Waals surface area contributed by atoms with Crippen LogP contribution >= 0.6 is 0 Å². The molecule has 0 aliphatic carbocycles. The van der Waals surface area contributed by atoms with Crippen molar-refractivity contribution < 1.29 is 32.2 Å². The van der Waals surface area contributed by atoms with E-state index in [1.54, 1.807) is 12.1 Å². The second-order valence-corrected chi connectivity index (χ2v) is 7.38. The van der Waals surface area contributed by atoms with Crippen molar-refractivity contribution in [2.45, 2.75) is 4.90 Å². The minimum absolute atomic E-state index is 0.0977. The summed E-state index contributed by atoms with van der Waals surface area (Å²) in [5, 5.41) is 0. The first kappa shape index (κ1) is 17.0. The van der Waals surface area contributed by atoms with E-state index in [0.29, 0.717) is 17.1 Å². The molecule has 25 heavy (non-hydrogen) atoms. The van der Waals surface area contributed by atoms with E-state index in [-0.39, 0.29) is 23.0 Å². The standard InChI is InChI=1S/C17H14O7S/c1-25(20,21)13-5-2-11(3-6-13)17(19)22-9-14(18)12-4-7-15-16(8-12)24-10-23-15/h2-8H,9-10H2,1H3. The van der Waals surface area contributed by atoms with E-state index in [9.17, 15) is 18.0 Å². The molecule has 0 N–H and O–H groups in total. The summed E-state index contributed by atoms with van der Waals surface area (Å²) < 4.78 is 38.1. The van der Waals surface area contributed by atoms with Crippen molar-refractivity contribution in [3.8, 4) is 11.5 Å². The molecule has 0 saturated carbocycles. The second-order valence-electron chi connectivity index (χ2n) is 5.36. The van der Waals surface area contributed by atoms with E-state index >= 15 is 0 Å². The minimum Gasteiger partial charge on any atom is -0.454 e. The molecule has 2 aromatic rings. The number of hydrogen-bond acceptors (Lipinski definition) is 7. The third kappa shape index (κ3) is 3.80. The Morgan fingerprint density at radius 2 is 1.64 bits per heavy atom. The third-order valence-corrected chi connectivity index (χ3v) is 4.68. The summed E-state index contributed by atoms with van der Waals surface area (Å²) in [6.07, 6.45) is 1.07. The van der Waals surface area contributed by atoms with Gasteiger partial charge in [-0.15, -0.1) is 0 Å². The highest BCUT2D eigenvalue weighted by atomic mass is 32.2. The number of carbonyl (C=O) groups is 2. The van der Waals surface area contributed by atoms with Crippen LogP contribution in [0.2, 0.25) is 0 Å². The Hall–Kier alpha value is -2.87. The zero-order chi connectivity index (χ0) is 18.0. The lowest BCUT2D eigenvalue weighted by Crippen LogP contribution is -2.14. The predicted molar refractivity (Wildman–Crippen MR) is 86.7 cm³/mol. The summed E-state index contributed by atoms with van der Waals surface area (Å²) in [7, 11) is -3.34. The van der Waals surface area contributed by atoms with Crippen molar-refractivity contribution >= 4 is 21.6 Å². The zero-order valence-corrected chi connectivity index (χ0v) is 14.0. The summed E-state index contributed by atoms with van der Waals surface area (Å²) in [5.74, 6) is -0.0819. The quantitative estimate of drug-likeness (QED) is 0.592. The topological polar surface area (TPSA) is 96.0 Å². The lowest BCUT2D eigenvalue weighted by Gasteiger charge is -2.06. The minimum atomic E-state index is -3.34. The van der Waals surface area contributed by atoms with Crippen molar-refractivity contribution in [2.24, 2.45) is 0 Å². The molecule has 0 unspecified atom stereocenters. The lowest BCUT2D eigenvalue weighted by molar-refractivity contribution is 0.0474. The Balaban J connectivity index is 1.63. The molecule has 0 amide bonds. The maximum Gasteiger partial charge on any atom is 0.338 e. The number of hydrogen-bond donors (Lipinski definition) is 0. The molecule has 2 aromatic carbocycles. The normalized spacial score (nSPS) is 12.7. The van der Waals surface area contributed by atoms with Crippen LogP contribution in [-0.4, -0.2) is 39.8 Å². The average Bonchev–Trinajstić information content (AvgIpc) is 3.06. The molecule has 1 heterocycles. The van der Waals surface area contributed by atoms with Crippen LogP contribution in [0.3, 0.4) is 0 Å². The summed E-state index contributed by atoms with van der Waals surface area (Å²) in [5.41, 5.74) is 0.496. The Kier molecular flexibility index (Phi) is 4.45. The first-order valence-electron chi connectivity index (χ1n) is 7.25. The van der Waals surface area contributed by atoms with E-state index in [1.807, 2.05) is 0 Å². The van der Waals surface area contributed by atoms with Crippen LogP contribution in [0.5, 0.6) is 11.5 Å². The van der Waals surface area contributed by atoms with Crippen molar-refractivity contribution in [1.29, 1.82) is 0 Å². The second kappa shape index (κ2) is 6.56. The Labute approximate surface area is 144 Å². The van der Waals surface area contributed by atoms with Gasteiger partial charge >= 0.3 is 5.97 Å².